The predicted octanol–water partition coefficient (Wildman–Crippen LogP) is 0.659. The van der Waals surface area contributed by atoms with E-state index in [0.29, 0.717) is 17.1 Å². The molecule has 0 aliphatic carbocycles. The molecule has 0 fully saturated rings. The van der Waals surface area contributed by atoms with E-state index in [9.17, 15) is 14.4 Å². The van der Waals surface area contributed by atoms with Crippen molar-refractivity contribution in [2.24, 2.45) is 5.92 Å². The van der Waals surface area contributed by atoms with Crippen LogP contribution in [-0.4, -0.2) is 49.7 Å². The monoisotopic (exact) mass is 338 g/mol. The number of nitrogens with one attached hydrogen (secondary N) is 2. The van der Waals surface area contributed by atoms with Crippen molar-refractivity contribution in [2.75, 3.05) is 20.8 Å². The topological polar surface area (TPSA) is 114 Å². The number of hydrogen-bond donors (Lipinski definition) is 3. The average Bonchev–Trinajstić information content (AvgIpc) is 2.56. The van der Waals surface area contributed by atoms with Crippen molar-refractivity contribution >= 4 is 17.8 Å². The largest absolute Gasteiger partial charge is 0.493 e. The summed E-state index contributed by atoms with van der Waals surface area (Å²) in [6.45, 7) is 3.03. The first-order valence-corrected chi connectivity index (χ1v) is 7.32. The minimum absolute atomic E-state index is 0.270. The normalized spacial score (nSPS) is 11.5. The summed E-state index contributed by atoms with van der Waals surface area (Å²) in [5, 5.41) is 13.8. The Labute approximate surface area is 140 Å². The van der Waals surface area contributed by atoms with Crippen LogP contribution in [0, 0.1) is 5.92 Å². The van der Waals surface area contributed by atoms with Gasteiger partial charge < -0.3 is 25.2 Å². The highest BCUT2D eigenvalue weighted by molar-refractivity contribution is 5.97. The fraction of sp³-hybridized carbons (Fsp3) is 0.438. The number of rotatable bonds is 8. The van der Waals surface area contributed by atoms with Crippen LogP contribution in [0.4, 0.5) is 0 Å². The van der Waals surface area contributed by atoms with Crippen LogP contribution < -0.4 is 20.1 Å². The summed E-state index contributed by atoms with van der Waals surface area (Å²) in [7, 11) is 2.93. The zero-order valence-corrected chi connectivity index (χ0v) is 14.1. The van der Waals surface area contributed by atoms with Gasteiger partial charge in [-0.2, -0.15) is 0 Å². The van der Waals surface area contributed by atoms with Gasteiger partial charge in [0.05, 0.1) is 20.8 Å². The summed E-state index contributed by atoms with van der Waals surface area (Å²) < 4.78 is 10.2. The highest BCUT2D eigenvalue weighted by Gasteiger charge is 2.23. The molecule has 1 aromatic rings. The maximum atomic E-state index is 12.1. The van der Waals surface area contributed by atoms with Crippen molar-refractivity contribution in [1.82, 2.24) is 10.6 Å². The molecule has 0 heterocycles. The lowest BCUT2D eigenvalue weighted by molar-refractivity contribution is -0.142. The highest BCUT2D eigenvalue weighted by Crippen LogP contribution is 2.27. The molecule has 0 aromatic heterocycles. The van der Waals surface area contributed by atoms with Crippen LogP contribution in [0.1, 0.15) is 24.2 Å². The van der Waals surface area contributed by atoms with Gasteiger partial charge in [0, 0.05) is 5.56 Å². The Morgan fingerprint density at radius 1 is 1.12 bits per heavy atom. The molecule has 8 nitrogen and oxygen atoms in total. The second-order valence-corrected chi connectivity index (χ2v) is 5.38. The first-order valence-electron chi connectivity index (χ1n) is 7.32. The van der Waals surface area contributed by atoms with Crippen molar-refractivity contribution in [3.63, 3.8) is 0 Å². The molecule has 0 unspecified atom stereocenters. The first kappa shape index (κ1) is 19.3. The van der Waals surface area contributed by atoms with Crippen LogP contribution in [0.5, 0.6) is 11.5 Å². The molecule has 132 valence electrons. The van der Waals surface area contributed by atoms with Crippen LogP contribution in [0.15, 0.2) is 18.2 Å². The number of carboxylic acid groups (broad SMARTS) is 1. The van der Waals surface area contributed by atoms with Crippen LogP contribution in [0.3, 0.4) is 0 Å². The maximum Gasteiger partial charge on any atom is 0.326 e. The lowest BCUT2D eigenvalue weighted by atomic mass is 10.1. The molecule has 24 heavy (non-hydrogen) atoms. The zero-order valence-electron chi connectivity index (χ0n) is 14.1. The van der Waals surface area contributed by atoms with Crippen molar-refractivity contribution < 1.29 is 29.0 Å². The van der Waals surface area contributed by atoms with Gasteiger partial charge in [-0.3, -0.25) is 9.59 Å². The van der Waals surface area contributed by atoms with E-state index in [2.05, 4.69) is 10.6 Å². The summed E-state index contributed by atoms with van der Waals surface area (Å²) in [6.07, 6.45) is 0. The van der Waals surface area contributed by atoms with E-state index in [-0.39, 0.29) is 12.5 Å². The van der Waals surface area contributed by atoms with Gasteiger partial charge in [0.25, 0.3) is 5.91 Å². The van der Waals surface area contributed by atoms with E-state index in [1.54, 1.807) is 19.9 Å². The Balaban J connectivity index is 2.66. The standard InChI is InChI=1S/C16H22N2O6/c1-9(2)14(16(21)22)18-13(19)8-17-15(20)10-5-6-11(23-3)12(7-10)24-4/h5-7,9,14H,8H2,1-4H3,(H,17,20)(H,18,19)(H,21,22)/t14-/m1/s1. The predicted molar refractivity (Wildman–Crippen MR) is 86.3 cm³/mol. The number of carboxylic acids is 1. The molecule has 0 aliphatic rings. The number of amides is 2. The summed E-state index contributed by atoms with van der Waals surface area (Å²) >= 11 is 0. The second-order valence-electron chi connectivity index (χ2n) is 5.38. The van der Waals surface area contributed by atoms with Gasteiger partial charge in [-0.1, -0.05) is 13.8 Å². The summed E-state index contributed by atoms with van der Waals surface area (Å²) in [6, 6.07) is 3.59. The van der Waals surface area contributed by atoms with Gasteiger partial charge in [-0.25, -0.2) is 4.79 Å². The van der Waals surface area contributed by atoms with Crippen molar-refractivity contribution in [3.05, 3.63) is 23.8 Å². The molecule has 0 saturated carbocycles. The number of carbonyl (C=O) groups is 3. The van der Waals surface area contributed by atoms with Crippen LogP contribution in [0.25, 0.3) is 0 Å². The van der Waals surface area contributed by atoms with Crippen LogP contribution in [-0.2, 0) is 9.59 Å². The maximum absolute atomic E-state index is 12.1. The van der Waals surface area contributed by atoms with Crippen molar-refractivity contribution in [2.45, 2.75) is 19.9 Å². The molecule has 3 N–H and O–H groups in total. The molecule has 0 radical (unpaired) electrons. The van der Waals surface area contributed by atoms with Crippen molar-refractivity contribution in [1.29, 1.82) is 0 Å². The quantitative estimate of drug-likeness (QED) is 0.641. The fourth-order valence-electron chi connectivity index (χ4n) is 1.98. The van der Waals surface area contributed by atoms with Gasteiger partial charge >= 0.3 is 5.97 Å². The smallest absolute Gasteiger partial charge is 0.326 e. The van der Waals surface area contributed by atoms with Gasteiger partial charge in [0.15, 0.2) is 11.5 Å². The van der Waals surface area contributed by atoms with Gasteiger partial charge in [-0.05, 0) is 24.1 Å². The summed E-state index contributed by atoms with van der Waals surface area (Å²) in [5.41, 5.74) is 0.291. The molecular weight excluding hydrogens is 316 g/mol. The zero-order chi connectivity index (χ0) is 18.3. The van der Waals surface area contributed by atoms with E-state index < -0.39 is 23.8 Å². The van der Waals surface area contributed by atoms with Gasteiger partial charge in [-0.15, -0.1) is 0 Å². The molecule has 0 bridgehead atoms. The fourth-order valence-corrected chi connectivity index (χ4v) is 1.98. The third-order valence-corrected chi connectivity index (χ3v) is 3.30. The van der Waals surface area contributed by atoms with Crippen LogP contribution >= 0.6 is 0 Å². The summed E-state index contributed by atoms with van der Waals surface area (Å²) in [4.78, 5) is 34.9. The Morgan fingerprint density at radius 3 is 2.25 bits per heavy atom. The van der Waals surface area contributed by atoms with E-state index in [1.807, 2.05) is 0 Å². The van der Waals surface area contributed by atoms with E-state index >= 15 is 0 Å². The third-order valence-electron chi connectivity index (χ3n) is 3.30. The van der Waals surface area contributed by atoms with E-state index in [0.717, 1.165) is 0 Å². The van der Waals surface area contributed by atoms with E-state index in [4.69, 9.17) is 14.6 Å². The van der Waals surface area contributed by atoms with Crippen LogP contribution in [0.2, 0.25) is 0 Å². The number of methoxy groups -OCH3 is 2. The first-order chi connectivity index (χ1) is 11.3. The molecule has 1 rings (SSSR count). The number of carbonyl (C=O) groups excluding carboxylic acids is 2. The highest BCUT2D eigenvalue weighted by atomic mass is 16.5. The summed E-state index contributed by atoms with van der Waals surface area (Å²) in [5.74, 6) is -1.58. The van der Waals surface area contributed by atoms with E-state index in [1.165, 1.54) is 26.4 Å². The lowest BCUT2D eigenvalue weighted by Gasteiger charge is -2.18. The molecule has 2 amide bonds. The molecule has 1 atom stereocenters. The number of hydrogen-bond acceptors (Lipinski definition) is 5. The Morgan fingerprint density at radius 2 is 1.75 bits per heavy atom. The molecule has 1 aromatic carbocycles. The van der Waals surface area contributed by atoms with Gasteiger partial charge in [0.2, 0.25) is 5.91 Å². The Hall–Kier alpha value is -2.77. The lowest BCUT2D eigenvalue weighted by Crippen LogP contribution is -2.48. The van der Waals surface area contributed by atoms with Crippen molar-refractivity contribution in [3.8, 4) is 11.5 Å². The number of ether oxygens (including phenoxy) is 2. The SMILES string of the molecule is COc1ccc(C(=O)NCC(=O)N[C@@H](C(=O)O)C(C)C)cc1OC. The average molecular weight is 338 g/mol. The molecule has 8 heteroatoms. The Kier molecular flexibility index (Phi) is 7.03. The number of aliphatic carboxylic acids is 1. The molecule has 0 aliphatic heterocycles. The molecule has 0 spiro atoms. The third kappa shape index (κ3) is 5.15. The second kappa shape index (κ2) is 8.76. The minimum atomic E-state index is -1.12. The Bertz CT molecular complexity index is 615. The van der Waals surface area contributed by atoms with Gasteiger partial charge in [0.1, 0.15) is 6.04 Å². The molecular formula is C16H22N2O6. The molecule has 0 saturated heterocycles. The number of benzene rings is 1. The minimum Gasteiger partial charge on any atom is -0.493 e.